The van der Waals surface area contributed by atoms with E-state index in [0.29, 0.717) is 17.7 Å². The van der Waals surface area contributed by atoms with Crippen LogP contribution in [0.2, 0.25) is 18.1 Å². The van der Waals surface area contributed by atoms with Crippen LogP contribution in [-0.4, -0.2) is 14.2 Å². The summed E-state index contributed by atoms with van der Waals surface area (Å²) in [7, 11) is -1.90. The lowest BCUT2D eigenvalue weighted by Gasteiger charge is -2.36. The first-order chi connectivity index (χ1) is 14.6. The van der Waals surface area contributed by atoms with Gasteiger partial charge in [-0.2, -0.15) is 16.6 Å². The Morgan fingerprint density at radius 3 is 2.23 bits per heavy atom. The number of nitriles is 1. The largest absolute Gasteiger partial charge is 0.544 e. The van der Waals surface area contributed by atoms with Crippen LogP contribution in [0.15, 0.2) is 65.4 Å². The summed E-state index contributed by atoms with van der Waals surface area (Å²) >= 11 is 1.50. The van der Waals surface area contributed by atoms with E-state index >= 15 is 0 Å². The normalized spacial score (nSPS) is 11.6. The van der Waals surface area contributed by atoms with E-state index in [0.717, 1.165) is 17.0 Å². The third kappa shape index (κ3) is 5.43. The first-order valence-corrected chi connectivity index (χ1v) is 14.1. The maximum Gasteiger partial charge on any atom is 0.259 e. The first kappa shape index (κ1) is 22.8. The molecule has 0 spiro atoms. The monoisotopic (exact) mass is 448 g/mol. The van der Waals surface area contributed by atoms with E-state index in [9.17, 15) is 4.79 Å². The van der Waals surface area contributed by atoms with Crippen molar-refractivity contribution in [1.29, 1.82) is 5.26 Å². The van der Waals surface area contributed by atoms with Crippen molar-refractivity contribution in [2.24, 2.45) is 0 Å². The molecule has 0 aliphatic heterocycles. The number of carbonyl (C=O) groups excluding carboxylic acids is 1. The molecule has 0 N–H and O–H groups in total. The highest BCUT2D eigenvalue weighted by Crippen LogP contribution is 2.37. The zero-order valence-corrected chi connectivity index (χ0v) is 20.5. The minimum atomic E-state index is -1.90. The van der Waals surface area contributed by atoms with Crippen molar-refractivity contribution < 1.29 is 9.22 Å². The van der Waals surface area contributed by atoms with Crippen LogP contribution in [-0.2, 0) is 6.54 Å². The molecule has 0 unspecified atom stereocenters. The van der Waals surface area contributed by atoms with Crippen molar-refractivity contribution in [3.63, 3.8) is 0 Å². The smallest absolute Gasteiger partial charge is 0.259 e. The topological polar surface area (TPSA) is 53.3 Å². The zero-order chi connectivity index (χ0) is 22.6. The molecule has 31 heavy (non-hydrogen) atoms. The summed E-state index contributed by atoms with van der Waals surface area (Å²) in [5.41, 5.74) is 3.00. The second-order valence-corrected chi connectivity index (χ2v) is 14.6. The summed E-state index contributed by atoms with van der Waals surface area (Å²) < 4.78 is 6.37. The fourth-order valence-corrected chi connectivity index (χ4v) is 4.49. The molecule has 0 saturated carbocycles. The lowest BCUT2D eigenvalue weighted by Crippen LogP contribution is -2.43. The highest BCUT2D eigenvalue weighted by atomic mass is 32.1. The second kappa shape index (κ2) is 9.09. The fraction of sp³-hybridized carbons (Fsp3) is 0.280. The molecule has 0 atom stereocenters. The molecule has 0 saturated heterocycles. The number of benzene rings is 2. The molecule has 4 nitrogen and oxygen atoms in total. The van der Waals surface area contributed by atoms with Crippen molar-refractivity contribution in [1.82, 2.24) is 0 Å². The number of anilines is 1. The highest BCUT2D eigenvalue weighted by Gasteiger charge is 2.38. The molecule has 1 aromatic heterocycles. The average molecular weight is 449 g/mol. The Bertz CT molecular complexity index is 1060. The van der Waals surface area contributed by atoms with Crippen LogP contribution in [0.3, 0.4) is 0 Å². The summed E-state index contributed by atoms with van der Waals surface area (Å²) in [6, 6.07) is 19.1. The van der Waals surface area contributed by atoms with Gasteiger partial charge in [0.15, 0.2) is 0 Å². The molecule has 0 radical (unpaired) electrons. The van der Waals surface area contributed by atoms with E-state index in [1.807, 2.05) is 53.2 Å². The predicted octanol–water partition coefficient (Wildman–Crippen LogP) is 6.85. The zero-order valence-electron chi connectivity index (χ0n) is 18.7. The van der Waals surface area contributed by atoms with Gasteiger partial charge in [0.2, 0.25) is 8.32 Å². The standard InChI is InChI=1S/C25H28N2O2SSi/c1-25(2,3)31(4,5)29-23-12-8-20(9-13-23)17-27(24(28)21-14-15-30-18-21)22-10-6-19(16-26)7-11-22/h6-15,18H,17H2,1-5H3. The number of rotatable bonds is 6. The van der Waals surface area contributed by atoms with Gasteiger partial charge < -0.3 is 9.33 Å². The molecule has 0 aliphatic carbocycles. The van der Waals surface area contributed by atoms with E-state index in [2.05, 4.69) is 39.9 Å². The molecular formula is C25H28N2O2SSi. The van der Waals surface area contributed by atoms with Crippen molar-refractivity contribution in [3.8, 4) is 11.8 Å². The SMILES string of the molecule is CC(C)(C)[Si](C)(C)Oc1ccc(CN(C(=O)c2ccsc2)c2ccc(C#N)cc2)cc1. The van der Waals surface area contributed by atoms with Crippen molar-refractivity contribution >= 4 is 31.2 Å². The molecule has 3 aromatic rings. The lowest BCUT2D eigenvalue weighted by molar-refractivity contribution is 0.0985. The molecule has 160 valence electrons. The summed E-state index contributed by atoms with van der Waals surface area (Å²) in [5, 5.41) is 13.0. The van der Waals surface area contributed by atoms with Gasteiger partial charge >= 0.3 is 0 Å². The van der Waals surface area contributed by atoms with Gasteiger partial charge in [-0.25, -0.2) is 0 Å². The van der Waals surface area contributed by atoms with Crippen LogP contribution in [0.5, 0.6) is 5.75 Å². The van der Waals surface area contributed by atoms with Crippen LogP contribution < -0.4 is 9.33 Å². The van der Waals surface area contributed by atoms with Gasteiger partial charge in [-0.3, -0.25) is 4.79 Å². The van der Waals surface area contributed by atoms with E-state index in [4.69, 9.17) is 9.69 Å². The van der Waals surface area contributed by atoms with Gasteiger partial charge in [-0.1, -0.05) is 32.9 Å². The highest BCUT2D eigenvalue weighted by molar-refractivity contribution is 7.08. The van der Waals surface area contributed by atoms with Gasteiger partial charge in [0.1, 0.15) is 5.75 Å². The van der Waals surface area contributed by atoms with Gasteiger partial charge in [-0.05, 0) is 71.5 Å². The number of hydrogen-bond acceptors (Lipinski definition) is 4. The molecule has 0 bridgehead atoms. The molecule has 1 heterocycles. The Balaban J connectivity index is 1.84. The Morgan fingerprint density at radius 1 is 1.06 bits per heavy atom. The Kier molecular flexibility index (Phi) is 6.68. The molecule has 1 amide bonds. The first-order valence-electron chi connectivity index (χ1n) is 10.2. The van der Waals surface area contributed by atoms with Crippen LogP contribution >= 0.6 is 11.3 Å². The number of amides is 1. The third-order valence-electron chi connectivity index (χ3n) is 5.76. The van der Waals surface area contributed by atoms with Crippen LogP contribution in [0, 0.1) is 11.3 Å². The maximum atomic E-state index is 13.2. The maximum absolute atomic E-state index is 13.2. The summed E-state index contributed by atoms with van der Waals surface area (Å²) in [6.07, 6.45) is 0. The number of nitrogens with zero attached hydrogens (tertiary/aromatic N) is 2. The molecule has 2 aromatic carbocycles. The minimum absolute atomic E-state index is 0.0624. The van der Waals surface area contributed by atoms with E-state index < -0.39 is 8.32 Å². The average Bonchev–Trinajstić information content (AvgIpc) is 3.27. The van der Waals surface area contributed by atoms with Crippen LogP contribution in [0.1, 0.15) is 42.3 Å². The molecule has 6 heteroatoms. The quantitative estimate of drug-likeness (QED) is 0.387. The lowest BCUT2D eigenvalue weighted by atomic mass is 10.1. The van der Waals surface area contributed by atoms with Gasteiger partial charge in [-0.15, -0.1) is 0 Å². The Labute approximate surface area is 189 Å². The predicted molar refractivity (Wildman–Crippen MR) is 130 cm³/mol. The van der Waals surface area contributed by atoms with Crippen molar-refractivity contribution in [3.05, 3.63) is 82.0 Å². The van der Waals surface area contributed by atoms with Gasteiger partial charge in [0.05, 0.1) is 23.7 Å². The van der Waals surface area contributed by atoms with E-state index in [-0.39, 0.29) is 10.9 Å². The Morgan fingerprint density at radius 2 is 1.71 bits per heavy atom. The van der Waals surface area contributed by atoms with Crippen LogP contribution in [0.4, 0.5) is 5.69 Å². The fourth-order valence-electron chi connectivity index (χ4n) is 2.83. The molecule has 0 aliphatic rings. The van der Waals surface area contributed by atoms with Gasteiger partial charge in [0, 0.05) is 11.1 Å². The Hall–Kier alpha value is -2.88. The number of thiophene rings is 1. The number of carbonyl (C=O) groups is 1. The van der Waals surface area contributed by atoms with Gasteiger partial charge in [0.25, 0.3) is 5.91 Å². The third-order valence-corrected chi connectivity index (χ3v) is 10.8. The second-order valence-electron chi connectivity index (χ2n) is 9.07. The van der Waals surface area contributed by atoms with Crippen molar-refractivity contribution in [2.75, 3.05) is 4.90 Å². The summed E-state index contributed by atoms with van der Waals surface area (Å²) in [5.74, 6) is 0.803. The van der Waals surface area contributed by atoms with E-state index in [1.165, 1.54) is 11.3 Å². The molecule has 3 rings (SSSR count). The summed E-state index contributed by atoms with van der Waals surface area (Å²) in [6.45, 7) is 11.6. The molecule has 0 fully saturated rings. The minimum Gasteiger partial charge on any atom is -0.544 e. The molecular weight excluding hydrogens is 420 g/mol. The number of hydrogen-bond donors (Lipinski definition) is 0. The summed E-state index contributed by atoms with van der Waals surface area (Å²) in [4.78, 5) is 14.9. The van der Waals surface area contributed by atoms with Crippen molar-refractivity contribution in [2.45, 2.75) is 45.4 Å². The van der Waals surface area contributed by atoms with Crippen LogP contribution in [0.25, 0.3) is 0 Å². The van der Waals surface area contributed by atoms with E-state index in [1.54, 1.807) is 17.0 Å².